The number of nitrogens with zero attached hydrogens (tertiary/aromatic N) is 2. The zero-order valence-corrected chi connectivity index (χ0v) is 13.4. The van der Waals surface area contributed by atoms with Crippen molar-refractivity contribution in [2.45, 2.75) is 18.9 Å². The average molecular weight is 329 g/mol. The molecule has 0 bridgehead atoms. The van der Waals surface area contributed by atoms with Crippen LogP contribution in [0, 0.1) is 0 Å². The molecule has 2 N–H and O–H groups in total. The van der Waals surface area contributed by atoms with Crippen LogP contribution >= 0.6 is 0 Å². The lowest BCUT2D eigenvalue weighted by molar-refractivity contribution is -0.142. The molecule has 1 fully saturated rings. The number of rotatable bonds is 5. The molecule has 1 aliphatic heterocycles. The highest BCUT2D eigenvalue weighted by Crippen LogP contribution is 2.25. The van der Waals surface area contributed by atoms with E-state index in [1.165, 1.54) is 0 Å². The molecule has 3 amide bonds. The van der Waals surface area contributed by atoms with Gasteiger partial charge in [-0.15, -0.1) is 0 Å². The molecule has 0 spiro atoms. The van der Waals surface area contributed by atoms with Crippen LogP contribution in [-0.4, -0.2) is 45.4 Å². The maximum Gasteiger partial charge on any atom is 0.240 e. The van der Waals surface area contributed by atoms with Gasteiger partial charge in [0.15, 0.2) is 0 Å². The molecule has 0 saturated carbocycles. The Morgan fingerprint density at radius 1 is 1.25 bits per heavy atom. The first kappa shape index (κ1) is 16.2. The van der Waals surface area contributed by atoms with E-state index in [9.17, 15) is 19.5 Å². The van der Waals surface area contributed by atoms with Crippen molar-refractivity contribution < 1.29 is 19.5 Å². The Morgan fingerprint density at radius 2 is 1.92 bits per heavy atom. The molecule has 0 aliphatic carbocycles. The quantitative estimate of drug-likeness (QED) is 0.781. The third-order valence-electron chi connectivity index (χ3n) is 4.24. The minimum absolute atomic E-state index is 0.0169. The summed E-state index contributed by atoms with van der Waals surface area (Å²) in [5, 5.41) is 13.9. The van der Waals surface area contributed by atoms with Crippen molar-refractivity contribution in [1.82, 2.24) is 14.8 Å². The highest BCUT2D eigenvalue weighted by Gasteiger charge is 2.30. The van der Waals surface area contributed by atoms with Crippen LogP contribution in [0.15, 0.2) is 30.5 Å². The minimum atomic E-state index is -0.870. The van der Waals surface area contributed by atoms with Gasteiger partial charge in [0.2, 0.25) is 17.7 Å². The van der Waals surface area contributed by atoms with E-state index in [1.807, 2.05) is 42.1 Å². The summed E-state index contributed by atoms with van der Waals surface area (Å²) in [5.41, 5.74) is 1.72. The summed E-state index contributed by atoms with van der Waals surface area (Å²) in [6.45, 7) is -0.275. The second kappa shape index (κ2) is 6.45. The molecule has 1 saturated heterocycles. The Labute approximate surface area is 138 Å². The number of aliphatic hydroxyl groups excluding tert-OH is 1. The van der Waals surface area contributed by atoms with Crippen molar-refractivity contribution in [3.8, 4) is 0 Å². The van der Waals surface area contributed by atoms with Crippen molar-refractivity contribution in [2.24, 2.45) is 7.05 Å². The van der Waals surface area contributed by atoms with Gasteiger partial charge in [-0.3, -0.25) is 19.3 Å². The van der Waals surface area contributed by atoms with Crippen molar-refractivity contribution in [3.05, 3.63) is 36.0 Å². The number of aromatic nitrogens is 1. The molecule has 1 aliphatic rings. The standard InChI is InChI=1S/C17H19N3O4/c1-19-9-12(11-4-2-3-5-13(11)19)14(21)8-18-15(22)10-20-16(23)6-7-17(20)24/h2-5,9,14,21H,6-8,10H2,1H3,(H,18,22)/t14-/m1/s1. The molecular formula is C17H19N3O4. The summed E-state index contributed by atoms with van der Waals surface area (Å²) in [5.74, 6) is -1.12. The molecule has 0 unspecified atom stereocenters. The van der Waals surface area contributed by atoms with Crippen molar-refractivity contribution in [2.75, 3.05) is 13.1 Å². The second-order valence-corrected chi connectivity index (χ2v) is 5.91. The lowest BCUT2D eigenvalue weighted by atomic mass is 10.1. The number of carbonyl (C=O) groups is 3. The zero-order chi connectivity index (χ0) is 17.3. The number of hydrogen-bond acceptors (Lipinski definition) is 4. The van der Waals surface area contributed by atoms with Crippen LogP contribution in [0.1, 0.15) is 24.5 Å². The monoisotopic (exact) mass is 329 g/mol. The van der Waals surface area contributed by atoms with Gasteiger partial charge < -0.3 is 15.0 Å². The van der Waals surface area contributed by atoms with Crippen molar-refractivity contribution >= 4 is 28.6 Å². The number of nitrogens with one attached hydrogen (secondary N) is 1. The third-order valence-corrected chi connectivity index (χ3v) is 4.24. The highest BCUT2D eigenvalue weighted by atomic mass is 16.3. The maximum absolute atomic E-state index is 11.9. The Balaban J connectivity index is 1.62. The van der Waals surface area contributed by atoms with Gasteiger partial charge in [0, 0.05) is 49.1 Å². The van der Waals surface area contributed by atoms with E-state index in [2.05, 4.69) is 5.32 Å². The molecule has 1 aromatic carbocycles. The first-order chi connectivity index (χ1) is 11.5. The number of benzene rings is 1. The number of aliphatic hydroxyl groups is 1. The summed E-state index contributed by atoms with van der Waals surface area (Å²) >= 11 is 0. The van der Waals surface area contributed by atoms with E-state index in [-0.39, 0.29) is 37.7 Å². The van der Waals surface area contributed by atoms with Gasteiger partial charge >= 0.3 is 0 Å². The van der Waals surface area contributed by atoms with Crippen LogP contribution in [0.4, 0.5) is 0 Å². The fourth-order valence-corrected chi connectivity index (χ4v) is 2.96. The minimum Gasteiger partial charge on any atom is -0.386 e. The molecule has 24 heavy (non-hydrogen) atoms. The largest absolute Gasteiger partial charge is 0.386 e. The normalized spacial score (nSPS) is 16.0. The Bertz CT molecular complexity index is 795. The maximum atomic E-state index is 11.9. The van der Waals surface area contributed by atoms with E-state index < -0.39 is 12.0 Å². The van der Waals surface area contributed by atoms with E-state index in [0.29, 0.717) is 0 Å². The van der Waals surface area contributed by atoms with Crippen molar-refractivity contribution in [1.29, 1.82) is 0 Å². The average Bonchev–Trinajstić information content (AvgIpc) is 3.07. The van der Waals surface area contributed by atoms with Gasteiger partial charge in [0.25, 0.3) is 0 Å². The van der Waals surface area contributed by atoms with Crippen LogP contribution in [0.5, 0.6) is 0 Å². The lowest BCUT2D eigenvalue weighted by Crippen LogP contribution is -2.41. The van der Waals surface area contributed by atoms with Gasteiger partial charge in [-0.1, -0.05) is 18.2 Å². The van der Waals surface area contributed by atoms with Crippen LogP contribution in [-0.2, 0) is 21.4 Å². The van der Waals surface area contributed by atoms with Crippen LogP contribution in [0.3, 0.4) is 0 Å². The SMILES string of the molecule is Cn1cc([C@H](O)CNC(=O)CN2C(=O)CCC2=O)c2ccccc21. The van der Waals surface area contributed by atoms with Crippen LogP contribution in [0.2, 0.25) is 0 Å². The molecule has 2 heterocycles. The first-order valence-electron chi connectivity index (χ1n) is 7.79. The summed E-state index contributed by atoms with van der Waals surface area (Å²) < 4.78 is 1.91. The topological polar surface area (TPSA) is 91.6 Å². The summed E-state index contributed by atoms with van der Waals surface area (Å²) in [4.78, 5) is 35.9. The van der Waals surface area contributed by atoms with E-state index in [1.54, 1.807) is 0 Å². The fraction of sp³-hybridized carbons (Fsp3) is 0.353. The number of fused-ring (bicyclic) bond motifs is 1. The third kappa shape index (κ3) is 3.03. The number of imide groups is 1. The number of carbonyl (C=O) groups excluding carboxylic acids is 3. The van der Waals surface area contributed by atoms with E-state index >= 15 is 0 Å². The number of likely N-dealkylation sites (tertiary alicyclic amines) is 1. The first-order valence-corrected chi connectivity index (χ1v) is 7.79. The van der Waals surface area contributed by atoms with Gasteiger partial charge in [-0.2, -0.15) is 0 Å². The summed E-state index contributed by atoms with van der Waals surface area (Å²) in [6, 6.07) is 7.68. The van der Waals surface area contributed by atoms with Gasteiger partial charge in [0.1, 0.15) is 6.54 Å². The molecule has 1 aromatic heterocycles. The molecule has 1 atom stereocenters. The number of aryl methyl sites for hydroxylation is 1. The van der Waals surface area contributed by atoms with Gasteiger partial charge in [-0.25, -0.2) is 0 Å². The molecule has 0 radical (unpaired) electrons. The molecule has 7 nitrogen and oxygen atoms in total. The zero-order valence-electron chi connectivity index (χ0n) is 13.4. The van der Waals surface area contributed by atoms with Crippen LogP contribution in [0.25, 0.3) is 10.9 Å². The van der Waals surface area contributed by atoms with Crippen molar-refractivity contribution in [3.63, 3.8) is 0 Å². The Kier molecular flexibility index (Phi) is 4.35. The second-order valence-electron chi connectivity index (χ2n) is 5.91. The number of para-hydroxylation sites is 1. The molecule has 2 aromatic rings. The Hall–Kier alpha value is -2.67. The number of amides is 3. The van der Waals surface area contributed by atoms with E-state index in [4.69, 9.17) is 0 Å². The van der Waals surface area contributed by atoms with Gasteiger partial charge in [0.05, 0.1) is 6.10 Å². The molecular weight excluding hydrogens is 310 g/mol. The number of hydrogen-bond donors (Lipinski definition) is 2. The van der Waals surface area contributed by atoms with Crippen LogP contribution < -0.4 is 5.32 Å². The molecule has 7 heteroatoms. The lowest BCUT2D eigenvalue weighted by Gasteiger charge is -2.15. The Morgan fingerprint density at radius 3 is 2.62 bits per heavy atom. The molecule has 3 rings (SSSR count). The summed E-state index contributed by atoms with van der Waals surface area (Å²) in [6.07, 6.45) is 1.27. The predicted octanol–water partition coefficient (Wildman–Crippen LogP) is 0.477. The van der Waals surface area contributed by atoms with E-state index in [0.717, 1.165) is 21.4 Å². The predicted molar refractivity (Wildman–Crippen MR) is 86.8 cm³/mol. The highest BCUT2D eigenvalue weighted by molar-refractivity contribution is 6.04. The smallest absolute Gasteiger partial charge is 0.240 e. The summed E-state index contributed by atoms with van der Waals surface area (Å²) in [7, 11) is 1.89. The van der Waals surface area contributed by atoms with Gasteiger partial charge in [-0.05, 0) is 6.07 Å². The molecule has 126 valence electrons. The fourth-order valence-electron chi connectivity index (χ4n) is 2.96.